The number of hydrogen-bond acceptors (Lipinski definition) is 3. The van der Waals surface area contributed by atoms with Crippen LogP contribution in [0.2, 0.25) is 0 Å². The van der Waals surface area contributed by atoms with E-state index in [1.807, 2.05) is 18.2 Å². The van der Waals surface area contributed by atoms with Gasteiger partial charge in [0.2, 0.25) is 0 Å². The lowest BCUT2D eigenvalue weighted by molar-refractivity contribution is 0.233. The first-order valence-corrected chi connectivity index (χ1v) is 9.99. The molecule has 1 aromatic rings. The summed E-state index contributed by atoms with van der Waals surface area (Å²) in [6, 6.07) is 9.30. The molecule has 5 nitrogen and oxygen atoms in total. The molecule has 7 heteroatoms. The minimum Gasteiger partial charge on any atom is -0.311 e. The maximum atomic E-state index is 13.1. The van der Waals surface area contributed by atoms with Gasteiger partial charge in [-0.1, -0.05) is 24.3 Å². The van der Waals surface area contributed by atoms with E-state index < -0.39 is 10.2 Å². The van der Waals surface area contributed by atoms with Gasteiger partial charge in [-0.25, -0.2) is 0 Å². The summed E-state index contributed by atoms with van der Waals surface area (Å²) >= 11 is 0. The third kappa shape index (κ3) is 3.22. The monoisotopic (exact) mass is 371 g/mol. The maximum absolute atomic E-state index is 13.1. The van der Waals surface area contributed by atoms with Gasteiger partial charge in [0.25, 0.3) is 10.2 Å². The summed E-state index contributed by atoms with van der Waals surface area (Å²) in [5, 5.41) is 3.58. The van der Waals surface area contributed by atoms with E-state index in [1.54, 1.807) is 15.7 Å². The van der Waals surface area contributed by atoms with E-state index in [2.05, 4.69) is 11.4 Å². The molecule has 134 valence electrons. The van der Waals surface area contributed by atoms with Gasteiger partial charge in [-0.2, -0.15) is 17.0 Å². The number of hydrogen-bond donors (Lipinski definition) is 1. The summed E-state index contributed by atoms with van der Waals surface area (Å²) in [7, 11) is -1.62. The minimum atomic E-state index is -3.38. The molecule has 3 aliphatic heterocycles. The highest BCUT2D eigenvalue weighted by molar-refractivity contribution is 7.86. The molecule has 2 fully saturated rings. The van der Waals surface area contributed by atoms with Crippen LogP contribution in [0.3, 0.4) is 0 Å². The average molecular weight is 372 g/mol. The van der Waals surface area contributed by atoms with Gasteiger partial charge in [-0.05, 0) is 43.2 Å². The Morgan fingerprint density at radius 1 is 1.12 bits per heavy atom. The van der Waals surface area contributed by atoms with E-state index in [1.165, 1.54) is 18.4 Å². The first-order valence-electron chi connectivity index (χ1n) is 8.60. The minimum absolute atomic E-state index is 0. The summed E-state index contributed by atoms with van der Waals surface area (Å²) in [5.41, 5.74) is 2.42. The third-order valence-corrected chi connectivity index (χ3v) is 7.74. The second-order valence-electron chi connectivity index (χ2n) is 7.14. The van der Waals surface area contributed by atoms with Crippen LogP contribution in [0.5, 0.6) is 0 Å². The van der Waals surface area contributed by atoms with Crippen molar-refractivity contribution in [3.05, 3.63) is 35.4 Å². The van der Waals surface area contributed by atoms with Crippen molar-refractivity contribution in [1.82, 2.24) is 13.9 Å². The number of nitrogens with one attached hydrogen (secondary N) is 1. The molecular weight excluding hydrogens is 346 g/mol. The molecule has 2 unspecified atom stereocenters. The van der Waals surface area contributed by atoms with Crippen molar-refractivity contribution in [3.8, 4) is 0 Å². The van der Waals surface area contributed by atoms with Gasteiger partial charge in [0, 0.05) is 38.3 Å². The zero-order valence-electron chi connectivity index (χ0n) is 14.0. The third-order valence-electron chi connectivity index (χ3n) is 5.75. The fraction of sp³-hybridized carbons (Fsp3) is 0.647. The first kappa shape index (κ1) is 18.1. The van der Waals surface area contributed by atoms with Crippen molar-refractivity contribution in [1.29, 1.82) is 0 Å². The Bertz CT molecular complexity index is 685. The Labute approximate surface area is 151 Å². The Kier molecular flexibility index (Phi) is 5.23. The molecule has 0 radical (unpaired) electrons. The number of benzene rings is 1. The number of rotatable bonds is 3. The van der Waals surface area contributed by atoms with Crippen molar-refractivity contribution in [2.24, 2.45) is 0 Å². The Morgan fingerprint density at radius 2 is 1.75 bits per heavy atom. The van der Waals surface area contributed by atoms with E-state index in [-0.39, 0.29) is 18.4 Å². The molecule has 2 bridgehead atoms. The van der Waals surface area contributed by atoms with Crippen LogP contribution in [0.25, 0.3) is 0 Å². The summed E-state index contributed by atoms with van der Waals surface area (Å²) in [6.45, 7) is 1.09. The number of fused-ring (bicyclic) bond motifs is 3. The van der Waals surface area contributed by atoms with Crippen LogP contribution in [-0.4, -0.2) is 48.7 Å². The molecule has 0 saturated carbocycles. The highest BCUT2D eigenvalue weighted by Gasteiger charge is 2.40. The predicted molar refractivity (Wildman–Crippen MR) is 97.5 cm³/mol. The van der Waals surface area contributed by atoms with Gasteiger partial charge in [-0.3, -0.25) is 0 Å². The van der Waals surface area contributed by atoms with Crippen molar-refractivity contribution < 1.29 is 8.42 Å². The van der Waals surface area contributed by atoms with Crippen molar-refractivity contribution in [2.45, 2.75) is 56.8 Å². The van der Waals surface area contributed by atoms with E-state index in [4.69, 9.17) is 0 Å². The summed E-state index contributed by atoms with van der Waals surface area (Å²) in [5.74, 6) is 0. The van der Waals surface area contributed by atoms with Crippen LogP contribution in [0, 0.1) is 0 Å². The quantitative estimate of drug-likeness (QED) is 0.883. The van der Waals surface area contributed by atoms with Crippen LogP contribution in [0.1, 0.15) is 36.8 Å². The molecule has 2 saturated heterocycles. The van der Waals surface area contributed by atoms with E-state index >= 15 is 0 Å². The van der Waals surface area contributed by atoms with Gasteiger partial charge in [-0.15, -0.1) is 12.4 Å². The SMILES string of the molecule is CN(C1CC2CCC(C1)N2)S(=O)(=O)N1CCc2ccccc2C1.Cl. The van der Waals surface area contributed by atoms with Crippen LogP contribution < -0.4 is 5.32 Å². The van der Waals surface area contributed by atoms with Crippen LogP contribution in [0.15, 0.2) is 24.3 Å². The fourth-order valence-electron chi connectivity index (χ4n) is 4.36. The molecule has 0 amide bonds. The molecule has 0 aliphatic carbocycles. The maximum Gasteiger partial charge on any atom is 0.282 e. The number of halogens is 1. The van der Waals surface area contributed by atoms with Gasteiger partial charge in [0.05, 0.1) is 0 Å². The lowest BCUT2D eigenvalue weighted by Crippen LogP contribution is -2.53. The molecular formula is C17H26ClN3O2S. The molecule has 3 heterocycles. The van der Waals surface area contributed by atoms with Crippen LogP contribution in [0.4, 0.5) is 0 Å². The van der Waals surface area contributed by atoms with Gasteiger partial charge in [0.1, 0.15) is 0 Å². The lowest BCUT2D eigenvalue weighted by atomic mass is 10.0. The topological polar surface area (TPSA) is 52.7 Å². The van der Waals surface area contributed by atoms with E-state index in [0.717, 1.165) is 24.8 Å². The average Bonchev–Trinajstić information content (AvgIpc) is 2.91. The second kappa shape index (κ2) is 6.92. The normalized spacial score (nSPS) is 30.0. The van der Waals surface area contributed by atoms with Crippen LogP contribution in [-0.2, 0) is 23.2 Å². The molecule has 1 N–H and O–H groups in total. The van der Waals surface area contributed by atoms with E-state index in [9.17, 15) is 8.42 Å². The highest BCUT2D eigenvalue weighted by Crippen LogP contribution is 2.31. The predicted octanol–water partition coefficient (Wildman–Crippen LogP) is 1.93. The molecule has 2 atom stereocenters. The fourth-order valence-corrected chi connectivity index (χ4v) is 5.90. The molecule has 3 aliphatic rings. The van der Waals surface area contributed by atoms with Crippen molar-refractivity contribution in [2.75, 3.05) is 13.6 Å². The summed E-state index contributed by atoms with van der Waals surface area (Å²) < 4.78 is 29.4. The van der Waals surface area contributed by atoms with Gasteiger partial charge in [0.15, 0.2) is 0 Å². The molecule has 0 spiro atoms. The van der Waals surface area contributed by atoms with Gasteiger partial charge < -0.3 is 5.32 Å². The second-order valence-corrected chi connectivity index (χ2v) is 9.13. The molecule has 0 aromatic heterocycles. The molecule has 24 heavy (non-hydrogen) atoms. The zero-order valence-corrected chi connectivity index (χ0v) is 15.7. The summed E-state index contributed by atoms with van der Waals surface area (Å²) in [4.78, 5) is 0. The number of piperidine rings is 1. The Morgan fingerprint density at radius 3 is 2.42 bits per heavy atom. The van der Waals surface area contributed by atoms with Crippen molar-refractivity contribution in [3.63, 3.8) is 0 Å². The van der Waals surface area contributed by atoms with Crippen LogP contribution >= 0.6 is 12.4 Å². The summed E-state index contributed by atoms with van der Waals surface area (Å²) in [6.07, 6.45) is 5.06. The van der Waals surface area contributed by atoms with E-state index in [0.29, 0.717) is 25.2 Å². The molecule has 4 rings (SSSR count). The standard InChI is InChI=1S/C17H25N3O2S.ClH/c1-19(17-10-15-6-7-16(11-17)18-15)23(21,22)20-9-8-13-4-2-3-5-14(13)12-20;/h2-5,15-18H,6-12H2,1H3;1H. The smallest absolute Gasteiger partial charge is 0.282 e. The molecule has 1 aromatic carbocycles. The Hall–Kier alpha value is -0.660. The highest BCUT2D eigenvalue weighted by atomic mass is 35.5. The largest absolute Gasteiger partial charge is 0.311 e. The van der Waals surface area contributed by atoms with Crippen molar-refractivity contribution >= 4 is 22.6 Å². The zero-order chi connectivity index (χ0) is 16.0. The number of nitrogens with zero attached hydrogens (tertiary/aromatic N) is 2. The first-order chi connectivity index (χ1) is 11.0. The Balaban J connectivity index is 0.00000169. The lowest BCUT2D eigenvalue weighted by Gasteiger charge is -2.38. The van der Waals surface area contributed by atoms with Gasteiger partial charge >= 0.3 is 0 Å².